The van der Waals surface area contributed by atoms with Crippen molar-refractivity contribution in [2.45, 2.75) is 53.1 Å². The lowest BCUT2D eigenvalue weighted by Crippen LogP contribution is -2.13. The molecule has 2 aromatic rings. The van der Waals surface area contributed by atoms with Gasteiger partial charge in [-0.05, 0) is 23.1 Å². The number of nitro benzene ring substituents is 1. The third-order valence-corrected chi connectivity index (χ3v) is 4.36. The zero-order chi connectivity index (χ0) is 18.5. The minimum Gasteiger partial charge on any atom is -0.308 e. The monoisotopic (exact) mass is 369 g/mol. The second kappa shape index (κ2) is 9.45. The molecule has 1 aliphatic rings. The molecule has 7 nitrogen and oxygen atoms in total. The number of hydrogen-bond acceptors (Lipinski definition) is 5. The minimum absolute atomic E-state index is 0. The molecule has 0 saturated carbocycles. The van der Waals surface area contributed by atoms with E-state index in [4.69, 9.17) is 5.14 Å². The van der Waals surface area contributed by atoms with Crippen LogP contribution < -0.4 is 10.5 Å². The van der Waals surface area contributed by atoms with E-state index in [9.17, 15) is 18.5 Å². The summed E-state index contributed by atoms with van der Waals surface area (Å²) in [7, 11) is -4.03. The van der Waals surface area contributed by atoms with Crippen LogP contribution in [0.15, 0.2) is 29.2 Å². The number of nitrogens with two attached hydrogens (primary N) is 1. The van der Waals surface area contributed by atoms with Crippen LogP contribution in [0.2, 0.25) is 0 Å². The van der Waals surface area contributed by atoms with E-state index in [1.54, 1.807) is 12.1 Å². The van der Waals surface area contributed by atoms with E-state index < -0.39 is 14.9 Å². The molecule has 0 fully saturated rings. The summed E-state index contributed by atoms with van der Waals surface area (Å²) in [6.07, 6.45) is 0. The summed E-state index contributed by atoms with van der Waals surface area (Å²) >= 11 is 0. The standard InChI is InChI=1S/C12H11N3O4S.2C2H6.CH4/c13-20(18,19)10-3-1-2-7-4-8-5-14-6-9(8)12(11(7)10)15(16)17;2*1-2;/h1-4,14H,5-6H2,(H2,13,18,19);2*1-2H3;1H4. The van der Waals surface area contributed by atoms with Crippen molar-refractivity contribution in [2.75, 3.05) is 0 Å². The van der Waals surface area contributed by atoms with Crippen molar-refractivity contribution in [3.8, 4) is 0 Å². The van der Waals surface area contributed by atoms with E-state index in [1.165, 1.54) is 12.1 Å². The first-order valence-corrected chi connectivity index (χ1v) is 9.39. The third kappa shape index (κ3) is 4.53. The molecule has 0 unspecified atom stereocenters. The maximum Gasteiger partial charge on any atom is 0.283 e. The lowest BCUT2D eigenvalue weighted by atomic mass is 10.00. The molecule has 0 aliphatic carbocycles. The van der Waals surface area contributed by atoms with Gasteiger partial charge in [0, 0.05) is 18.7 Å². The Balaban J connectivity index is 0.00000108. The Labute approximate surface area is 149 Å². The Morgan fingerprint density at radius 2 is 1.76 bits per heavy atom. The fourth-order valence-electron chi connectivity index (χ4n) is 2.62. The number of sulfonamides is 1. The number of fused-ring (bicyclic) bond motifs is 2. The first-order chi connectivity index (χ1) is 11.4. The minimum atomic E-state index is -4.03. The highest BCUT2D eigenvalue weighted by Crippen LogP contribution is 2.37. The van der Waals surface area contributed by atoms with Crippen molar-refractivity contribution in [3.05, 3.63) is 45.5 Å². The van der Waals surface area contributed by atoms with E-state index in [0.717, 1.165) is 5.56 Å². The molecular formula is C17H27N3O4S. The van der Waals surface area contributed by atoms with E-state index in [2.05, 4.69) is 5.32 Å². The van der Waals surface area contributed by atoms with E-state index in [1.807, 2.05) is 27.7 Å². The van der Waals surface area contributed by atoms with Gasteiger partial charge in [0.1, 0.15) is 0 Å². The Morgan fingerprint density at radius 1 is 1.16 bits per heavy atom. The number of hydrogen-bond donors (Lipinski definition) is 2. The Kier molecular flexibility index (Phi) is 8.68. The number of nitrogens with zero attached hydrogens (tertiary/aromatic N) is 1. The maximum absolute atomic E-state index is 11.7. The zero-order valence-corrected chi connectivity index (χ0v) is 15.1. The van der Waals surface area contributed by atoms with Crippen LogP contribution in [0.3, 0.4) is 0 Å². The molecule has 0 radical (unpaired) electrons. The molecule has 3 N–H and O–H groups in total. The fourth-order valence-corrected chi connectivity index (χ4v) is 3.38. The lowest BCUT2D eigenvalue weighted by molar-refractivity contribution is -0.383. The summed E-state index contributed by atoms with van der Waals surface area (Å²) in [5.74, 6) is 0. The summed E-state index contributed by atoms with van der Waals surface area (Å²) in [4.78, 5) is 10.6. The Bertz CT molecular complexity index is 849. The van der Waals surface area contributed by atoms with Gasteiger partial charge in [-0.15, -0.1) is 0 Å². The Hall–Kier alpha value is -2.03. The van der Waals surface area contributed by atoms with Crippen molar-refractivity contribution in [1.29, 1.82) is 0 Å². The average molecular weight is 369 g/mol. The van der Waals surface area contributed by atoms with Gasteiger partial charge < -0.3 is 5.32 Å². The molecule has 0 amide bonds. The molecule has 0 bridgehead atoms. The van der Waals surface area contributed by atoms with Crippen LogP contribution in [0.1, 0.15) is 46.2 Å². The number of primary sulfonamides is 1. The van der Waals surface area contributed by atoms with Crippen molar-refractivity contribution in [2.24, 2.45) is 5.14 Å². The van der Waals surface area contributed by atoms with Gasteiger partial charge in [-0.2, -0.15) is 0 Å². The summed E-state index contributed by atoms with van der Waals surface area (Å²) < 4.78 is 23.3. The van der Waals surface area contributed by atoms with Crippen molar-refractivity contribution in [1.82, 2.24) is 5.32 Å². The highest BCUT2D eigenvalue weighted by molar-refractivity contribution is 7.89. The van der Waals surface area contributed by atoms with E-state index in [0.29, 0.717) is 24.0 Å². The van der Waals surface area contributed by atoms with Crippen LogP contribution in [-0.4, -0.2) is 13.3 Å². The number of nitro groups is 1. The third-order valence-electron chi connectivity index (χ3n) is 3.40. The molecule has 140 valence electrons. The zero-order valence-electron chi connectivity index (χ0n) is 14.3. The average Bonchev–Trinajstić information content (AvgIpc) is 3.02. The van der Waals surface area contributed by atoms with Crippen molar-refractivity contribution < 1.29 is 13.3 Å². The van der Waals surface area contributed by atoms with Crippen LogP contribution in [0.5, 0.6) is 0 Å². The first-order valence-electron chi connectivity index (χ1n) is 7.85. The highest BCUT2D eigenvalue weighted by Gasteiger charge is 2.29. The molecule has 8 heteroatoms. The van der Waals surface area contributed by atoms with Crippen LogP contribution >= 0.6 is 0 Å². The molecule has 0 saturated heterocycles. The topological polar surface area (TPSA) is 115 Å². The van der Waals surface area contributed by atoms with Gasteiger partial charge in [0.25, 0.3) is 5.69 Å². The summed E-state index contributed by atoms with van der Waals surface area (Å²) in [5, 5.41) is 20.2. The molecular weight excluding hydrogens is 342 g/mol. The molecule has 25 heavy (non-hydrogen) atoms. The predicted octanol–water partition coefficient (Wildman–Crippen LogP) is 3.69. The second-order valence-corrected chi connectivity index (χ2v) is 6.15. The Morgan fingerprint density at radius 3 is 2.28 bits per heavy atom. The van der Waals surface area contributed by atoms with Crippen molar-refractivity contribution >= 4 is 26.5 Å². The maximum atomic E-state index is 11.7. The summed E-state index contributed by atoms with van der Waals surface area (Å²) in [6.45, 7) is 8.88. The molecule has 0 atom stereocenters. The van der Waals surface area contributed by atoms with Crippen LogP contribution in [0.25, 0.3) is 10.8 Å². The van der Waals surface area contributed by atoms with Crippen molar-refractivity contribution in [3.63, 3.8) is 0 Å². The van der Waals surface area contributed by atoms with Gasteiger partial charge in [0.15, 0.2) is 0 Å². The predicted molar refractivity (Wildman–Crippen MR) is 102 cm³/mol. The fraction of sp³-hybridized carbons (Fsp3) is 0.412. The van der Waals surface area contributed by atoms with Crippen LogP contribution in [0.4, 0.5) is 5.69 Å². The number of rotatable bonds is 2. The van der Waals surface area contributed by atoms with Gasteiger partial charge >= 0.3 is 0 Å². The molecule has 2 aromatic carbocycles. The molecule has 3 rings (SSSR count). The number of benzene rings is 2. The van der Waals surface area contributed by atoms with Gasteiger partial charge in [0.2, 0.25) is 10.0 Å². The summed E-state index contributed by atoms with van der Waals surface area (Å²) in [6, 6.07) is 6.24. The molecule has 1 aliphatic heterocycles. The van der Waals surface area contributed by atoms with Gasteiger partial charge in [0.05, 0.1) is 15.2 Å². The largest absolute Gasteiger partial charge is 0.308 e. The first kappa shape index (κ1) is 23.0. The quantitative estimate of drug-likeness (QED) is 0.619. The van der Waals surface area contributed by atoms with Crippen LogP contribution in [0, 0.1) is 10.1 Å². The number of nitrogens with one attached hydrogen (secondary N) is 1. The lowest BCUT2D eigenvalue weighted by Gasteiger charge is -2.09. The van der Waals surface area contributed by atoms with Gasteiger partial charge in [-0.3, -0.25) is 10.1 Å². The highest BCUT2D eigenvalue weighted by atomic mass is 32.2. The molecule has 1 heterocycles. The smallest absolute Gasteiger partial charge is 0.283 e. The normalized spacial score (nSPS) is 12.0. The molecule has 0 aromatic heterocycles. The van der Waals surface area contributed by atoms with Gasteiger partial charge in [-0.1, -0.05) is 47.3 Å². The summed E-state index contributed by atoms with van der Waals surface area (Å²) in [5.41, 5.74) is 1.17. The van der Waals surface area contributed by atoms with E-state index >= 15 is 0 Å². The molecule has 0 spiro atoms. The SMILES string of the molecule is C.CC.CC.NS(=O)(=O)c1cccc2cc3c(c([N+](=O)[O-])c12)CNC3. The van der Waals surface area contributed by atoms with Crippen LogP contribution in [-0.2, 0) is 23.1 Å². The van der Waals surface area contributed by atoms with E-state index in [-0.39, 0.29) is 23.4 Å². The second-order valence-electron chi connectivity index (χ2n) is 4.62. The van der Waals surface area contributed by atoms with Gasteiger partial charge in [-0.25, -0.2) is 13.6 Å².